The Balaban J connectivity index is 1.49. The van der Waals surface area contributed by atoms with Gasteiger partial charge in [0.1, 0.15) is 0 Å². The van der Waals surface area contributed by atoms with Crippen molar-refractivity contribution in [2.75, 3.05) is 6.54 Å². The molecule has 3 atom stereocenters. The average molecular weight is 578 g/mol. The van der Waals surface area contributed by atoms with Crippen LogP contribution in [-0.4, -0.2) is 46.3 Å². The molecule has 3 aliphatic rings. The molecule has 5 rings (SSSR count). The quantitative estimate of drug-likeness (QED) is 0.376. The van der Waals surface area contributed by atoms with Crippen LogP contribution < -0.4 is 0 Å². The highest BCUT2D eigenvalue weighted by Gasteiger charge is 2.56. The number of carboxylic acids is 1. The second-order valence-electron chi connectivity index (χ2n) is 12.3. The molecular formula is C32H36F5NO3. The zero-order valence-corrected chi connectivity index (χ0v) is 23.4. The van der Waals surface area contributed by atoms with Gasteiger partial charge in [0, 0.05) is 23.9 Å². The minimum Gasteiger partial charge on any atom is -0.479 e. The molecule has 1 amide bonds. The second-order valence-corrected chi connectivity index (χ2v) is 12.3. The number of carbonyl (C=O) groups excluding carboxylic acids is 1. The number of halogens is 5. The van der Waals surface area contributed by atoms with Crippen LogP contribution >= 0.6 is 0 Å². The number of aliphatic carboxylic acids is 1. The highest BCUT2D eigenvalue weighted by molar-refractivity contribution is 5.82. The van der Waals surface area contributed by atoms with Gasteiger partial charge in [-0.05, 0) is 92.5 Å². The van der Waals surface area contributed by atoms with Crippen molar-refractivity contribution < 1.29 is 36.6 Å². The number of aryl methyl sites for hydroxylation is 2. The van der Waals surface area contributed by atoms with Crippen molar-refractivity contribution in [3.8, 4) is 0 Å². The van der Waals surface area contributed by atoms with Gasteiger partial charge < -0.3 is 10.0 Å². The Kier molecular flexibility index (Phi) is 7.48. The predicted molar refractivity (Wildman–Crippen MR) is 144 cm³/mol. The third-order valence-electron chi connectivity index (χ3n) is 9.96. The van der Waals surface area contributed by atoms with E-state index >= 15 is 0 Å². The molecule has 2 aliphatic carbocycles. The van der Waals surface area contributed by atoms with Gasteiger partial charge in [0.15, 0.2) is 0 Å². The summed E-state index contributed by atoms with van der Waals surface area (Å²) >= 11 is 0. The van der Waals surface area contributed by atoms with Crippen LogP contribution in [0, 0.1) is 5.92 Å². The Bertz CT molecular complexity index is 1310. The first kappa shape index (κ1) is 29.5. The maximum absolute atomic E-state index is 14.9. The molecule has 0 radical (unpaired) electrons. The van der Waals surface area contributed by atoms with E-state index in [-0.39, 0.29) is 37.6 Å². The van der Waals surface area contributed by atoms with Crippen molar-refractivity contribution in [2.45, 2.75) is 101 Å². The minimum absolute atomic E-state index is 0.112. The Morgan fingerprint density at radius 1 is 0.976 bits per heavy atom. The van der Waals surface area contributed by atoms with E-state index in [1.807, 2.05) is 17.0 Å². The predicted octanol–water partition coefficient (Wildman–Crippen LogP) is 7.01. The highest BCUT2D eigenvalue weighted by atomic mass is 19.4. The van der Waals surface area contributed by atoms with Gasteiger partial charge in [-0.1, -0.05) is 49.4 Å². The van der Waals surface area contributed by atoms with Crippen LogP contribution in [0.5, 0.6) is 0 Å². The summed E-state index contributed by atoms with van der Waals surface area (Å²) < 4.78 is 70.2. The van der Waals surface area contributed by atoms with Crippen molar-refractivity contribution in [1.82, 2.24) is 4.90 Å². The van der Waals surface area contributed by atoms with E-state index in [0.29, 0.717) is 44.7 Å². The van der Waals surface area contributed by atoms with Gasteiger partial charge in [-0.2, -0.15) is 13.2 Å². The number of amides is 1. The number of rotatable bonds is 6. The molecule has 0 bridgehead atoms. The zero-order valence-electron chi connectivity index (χ0n) is 23.4. The Labute approximate surface area is 236 Å². The van der Waals surface area contributed by atoms with Gasteiger partial charge >= 0.3 is 12.1 Å². The fourth-order valence-electron chi connectivity index (χ4n) is 7.31. The fourth-order valence-corrected chi connectivity index (χ4v) is 7.31. The van der Waals surface area contributed by atoms with E-state index < -0.39 is 40.4 Å². The number of alkyl halides is 5. The maximum Gasteiger partial charge on any atom is 0.426 e. The monoisotopic (exact) mass is 577 g/mol. The first-order valence-electron chi connectivity index (χ1n) is 14.4. The van der Waals surface area contributed by atoms with Crippen LogP contribution in [0.25, 0.3) is 0 Å². The van der Waals surface area contributed by atoms with Crippen LogP contribution in [0.3, 0.4) is 0 Å². The summed E-state index contributed by atoms with van der Waals surface area (Å²) in [6, 6.07) is 12.2. The van der Waals surface area contributed by atoms with Crippen molar-refractivity contribution in [3.63, 3.8) is 0 Å². The molecule has 0 aromatic heterocycles. The van der Waals surface area contributed by atoms with Crippen LogP contribution in [0.2, 0.25) is 0 Å². The van der Waals surface area contributed by atoms with Gasteiger partial charge in [0.2, 0.25) is 17.2 Å². The molecule has 1 heterocycles. The lowest BCUT2D eigenvalue weighted by atomic mass is 9.63. The average Bonchev–Trinajstić information content (AvgIpc) is 3.31. The number of hydrogen-bond acceptors (Lipinski definition) is 2. The molecule has 2 fully saturated rings. The summed E-state index contributed by atoms with van der Waals surface area (Å²) in [4.78, 5) is 27.0. The number of benzene rings is 2. The summed E-state index contributed by atoms with van der Waals surface area (Å²) in [6.07, 6.45) is -2.20. The fraction of sp³-hybridized carbons (Fsp3) is 0.562. The van der Waals surface area contributed by atoms with Crippen LogP contribution in [-0.2, 0) is 39.9 Å². The molecule has 2 aromatic carbocycles. The Morgan fingerprint density at radius 3 is 2.20 bits per heavy atom. The molecule has 4 nitrogen and oxygen atoms in total. The number of fused-ring (bicyclic) bond motifs is 3. The molecule has 0 spiro atoms. The lowest BCUT2D eigenvalue weighted by molar-refractivity contribution is -0.228. The van der Waals surface area contributed by atoms with E-state index in [2.05, 4.69) is 19.1 Å². The third-order valence-corrected chi connectivity index (χ3v) is 9.96. The van der Waals surface area contributed by atoms with Crippen LogP contribution in [0.4, 0.5) is 22.0 Å². The lowest BCUT2D eigenvalue weighted by Crippen LogP contribution is -2.51. The van der Waals surface area contributed by atoms with E-state index in [1.54, 1.807) is 6.07 Å². The number of nitrogens with zero attached hydrogens (tertiary/aromatic N) is 1. The lowest BCUT2D eigenvalue weighted by Gasteiger charge is -2.45. The Hall–Kier alpha value is -2.97. The first-order chi connectivity index (χ1) is 19.2. The van der Waals surface area contributed by atoms with Crippen molar-refractivity contribution in [2.24, 2.45) is 5.92 Å². The molecule has 1 saturated carbocycles. The zero-order chi connectivity index (χ0) is 29.8. The van der Waals surface area contributed by atoms with E-state index in [9.17, 15) is 36.6 Å². The van der Waals surface area contributed by atoms with Gasteiger partial charge in [-0.25, -0.2) is 13.6 Å². The summed E-state index contributed by atoms with van der Waals surface area (Å²) in [7, 11) is 0. The third kappa shape index (κ3) is 5.03. The molecule has 1 N–H and O–H groups in total. The standard InChI is InChI=1S/C32H36F5NO3/c1-3-20-4-6-21(7-5-20)19-30-16-17-38(27(39)22-12-14-31(34,15-13-22)28(40)41)26(30)11-8-23-18-24(9-10-25(23)30)29(2,33)32(35,36)37/h4-7,9-10,18,22,26H,3,8,11-17,19H2,1-2H3,(H,40,41). The van der Waals surface area contributed by atoms with Crippen LogP contribution in [0.1, 0.15) is 80.2 Å². The maximum atomic E-state index is 14.9. The number of hydrogen-bond donors (Lipinski definition) is 1. The molecule has 1 aliphatic heterocycles. The molecule has 9 heteroatoms. The number of carbonyl (C=O) groups is 2. The van der Waals surface area contributed by atoms with E-state index in [0.717, 1.165) is 17.5 Å². The van der Waals surface area contributed by atoms with Gasteiger partial charge in [-0.15, -0.1) is 0 Å². The summed E-state index contributed by atoms with van der Waals surface area (Å²) in [5.41, 5.74) is -3.04. The largest absolute Gasteiger partial charge is 0.479 e. The smallest absolute Gasteiger partial charge is 0.426 e. The molecule has 222 valence electrons. The van der Waals surface area contributed by atoms with Gasteiger partial charge in [0.25, 0.3) is 0 Å². The van der Waals surface area contributed by atoms with Gasteiger partial charge in [-0.3, -0.25) is 4.79 Å². The molecule has 1 saturated heterocycles. The van der Waals surface area contributed by atoms with Crippen molar-refractivity contribution in [1.29, 1.82) is 0 Å². The summed E-state index contributed by atoms with van der Waals surface area (Å²) in [6.45, 7) is 3.05. The topological polar surface area (TPSA) is 57.6 Å². The first-order valence-corrected chi connectivity index (χ1v) is 14.4. The normalized spacial score (nSPS) is 29.4. The summed E-state index contributed by atoms with van der Waals surface area (Å²) in [5, 5.41) is 9.25. The highest BCUT2D eigenvalue weighted by Crippen LogP contribution is 2.52. The molecular weight excluding hydrogens is 541 g/mol. The molecule has 41 heavy (non-hydrogen) atoms. The number of carboxylic acid groups (broad SMARTS) is 1. The molecule has 2 aromatic rings. The van der Waals surface area contributed by atoms with E-state index in [4.69, 9.17) is 0 Å². The Morgan fingerprint density at radius 2 is 1.61 bits per heavy atom. The SMILES string of the molecule is CCc1ccc(CC23CCN(C(=O)C4CCC(F)(C(=O)O)CC4)C2CCc2cc(C(C)(F)C(F)(F)F)ccc23)cc1. The number of likely N-dealkylation sites (tertiary alicyclic amines) is 1. The molecule has 3 unspecified atom stereocenters. The second kappa shape index (κ2) is 10.4. The van der Waals surface area contributed by atoms with Crippen molar-refractivity contribution >= 4 is 11.9 Å². The van der Waals surface area contributed by atoms with Crippen molar-refractivity contribution in [3.05, 3.63) is 70.3 Å². The van der Waals surface area contributed by atoms with Gasteiger partial charge in [0.05, 0.1) is 0 Å². The summed E-state index contributed by atoms with van der Waals surface area (Å²) in [5.74, 6) is -2.07. The van der Waals surface area contributed by atoms with E-state index in [1.165, 1.54) is 17.7 Å². The minimum atomic E-state index is -5.05. The van der Waals surface area contributed by atoms with Crippen LogP contribution in [0.15, 0.2) is 42.5 Å².